The van der Waals surface area contributed by atoms with E-state index in [9.17, 15) is 18.0 Å². The summed E-state index contributed by atoms with van der Waals surface area (Å²) in [4.78, 5) is 12.5. The summed E-state index contributed by atoms with van der Waals surface area (Å²) in [6.45, 7) is 0.240. The van der Waals surface area contributed by atoms with Crippen molar-refractivity contribution in [3.8, 4) is 0 Å². The summed E-state index contributed by atoms with van der Waals surface area (Å²) in [5, 5.41) is 10.2. The van der Waals surface area contributed by atoms with Crippen LogP contribution < -0.4 is 10.6 Å². The number of hydrogen-bond acceptors (Lipinski definition) is 3. The highest BCUT2D eigenvalue weighted by molar-refractivity contribution is 6.42. The lowest BCUT2D eigenvalue weighted by Gasteiger charge is -2.33. The summed E-state index contributed by atoms with van der Waals surface area (Å²) in [5.41, 5.74) is 1.33. The Labute approximate surface area is 186 Å². The van der Waals surface area contributed by atoms with Crippen LogP contribution >= 0.6 is 23.2 Å². The fourth-order valence-electron chi connectivity index (χ4n) is 3.50. The van der Waals surface area contributed by atoms with E-state index in [4.69, 9.17) is 23.2 Å². The number of carbonyl (C=O) groups excluding carboxylic acids is 1. The van der Waals surface area contributed by atoms with Crippen molar-refractivity contribution in [2.75, 3.05) is 5.32 Å². The second-order valence-corrected chi connectivity index (χ2v) is 8.01. The molecule has 1 aromatic heterocycles. The molecule has 1 aliphatic rings. The van der Waals surface area contributed by atoms with E-state index in [2.05, 4.69) is 15.7 Å². The minimum absolute atomic E-state index is 0.0949. The molecule has 162 valence electrons. The Hall–Kier alpha value is -2.71. The van der Waals surface area contributed by atoms with Crippen LogP contribution in [-0.2, 0) is 6.54 Å². The molecule has 0 bridgehead atoms. The minimum Gasteiger partial charge on any atom is -0.363 e. The Morgan fingerprint density at radius 2 is 1.87 bits per heavy atom. The zero-order chi connectivity index (χ0) is 22.2. The van der Waals surface area contributed by atoms with Crippen LogP contribution in [0.25, 0.3) is 0 Å². The van der Waals surface area contributed by atoms with Crippen molar-refractivity contribution in [1.82, 2.24) is 15.1 Å². The van der Waals surface area contributed by atoms with Crippen molar-refractivity contribution in [2.24, 2.45) is 0 Å². The predicted molar refractivity (Wildman–Crippen MR) is 112 cm³/mol. The van der Waals surface area contributed by atoms with Crippen molar-refractivity contribution in [3.63, 3.8) is 0 Å². The van der Waals surface area contributed by atoms with Crippen molar-refractivity contribution >= 4 is 34.9 Å². The lowest BCUT2D eigenvalue weighted by atomic mass is 9.97. The Bertz CT molecular complexity index is 1100. The average molecular weight is 469 g/mol. The predicted octanol–water partition coefficient (Wildman–Crippen LogP) is 5.78. The number of anilines is 1. The zero-order valence-electron chi connectivity index (χ0n) is 16.0. The van der Waals surface area contributed by atoms with Crippen LogP contribution in [0.1, 0.15) is 40.1 Å². The Morgan fingerprint density at radius 1 is 1.13 bits per heavy atom. The average Bonchev–Trinajstić information content (AvgIpc) is 3.17. The molecule has 31 heavy (non-hydrogen) atoms. The molecule has 2 heterocycles. The van der Waals surface area contributed by atoms with Gasteiger partial charge in [-0.25, -0.2) is 4.68 Å². The van der Waals surface area contributed by atoms with Gasteiger partial charge >= 0.3 is 6.18 Å². The monoisotopic (exact) mass is 468 g/mol. The van der Waals surface area contributed by atoms with Crippen molar-refractivity contribution in [1.29, 1.82) is 0 Å². The highest BCUT2D eigenvalue weighted by atomic mass is 35.5. The van der Waals surface area contributed by atoms with E-state index in [1.807, 2.05) is 30.3 Å². The van der Waals surface area contributed by atoms with Gasteiger partial charge in [-0.15, -0.1) is 0 Å². The number of nitrogens with one attached hydrogen (secondary N) is 2. The molecule has 10 heteroatoms. The van der Waals surface area contributed by atoms with Gasteiger partial charge in [0, 0.05) is 19.0 Å². The number of hydrogen-bond donors (Lipinski definition) is 2. The lowest BCUT2D eigenvalue weighted by Crippen LogP contribution is -2.35. The first-order valence-corrected chi connectivity index (χ1v) is 10.2. The van der Waals surface area contributed by atoms with E-state index in [0.29, 0.717) is 10.6 Å². The van der Waals surface area contributed by atoms with Gasteiger partial charge in [0.05, 0.1) is 16.1 Å². The molecule has 0 unspecified atom stereocenters. The molecule has 0 saturated heterocycles. The molecule has 2 N–H and O–H groups in total. The number of amides is 1. The molecule has 0 saturated carbocycles. The van der Waals surface area contributed by atoms with E-state index < -0.39 is 24.2 Å². The molecule has 3 aromatic rings. The molecule has 0 radical (unpaired) electrons. The maximum Gasteiger partial charge on any atom is 0.410 e. The molecule has 0 fully saturated rings. The summed E-state index contributed by atoms with van der Waals surface area (Å²) < 4.78 is 42.2. The fourth-order valence-corrected chi connectivity index (χ4v) is 3.81. The topological polar surface area (TPSA) is 59.0 Å². The molecule has 0 aliphatic carbocycles. The van der Waals surface area contributed by atoms with Gasteiger partial charge in [-0.1, -0.05) is 59.6 Å². The summed E-state index contributed by atoms with van der Waals surface area (Å²) in [7, 11) is 0. The molecule has 4 rings (SSSR count). The highest BCUT2D eigenvalue weighted by Crippen LogP contribution is 2.44. The number of carbonyl (C=O) groups is 1. The van der Waals surface area contributed by atoms with E-state index in [0.717, 1.165) is 10.2 Å². The first-order chi connectivity index (χ1) is 14.7. The molecular formula is C21H17Cl2F3N4O. The van der Waals surface area contributed by atoms with E-state index in [-0.39, 0.29) is 29.5 Å². The van der Waals surface area contributed by atoms with Crippen molar-refractivity contribution in [3.05, 3.63) is 81.5 Å². The number of fused-ring (bicyclic) bond motifs is 1. The van der Waals surface area contributed by atoms with Crippen LogP contribution in [0, 0.1) is 0 Å². The normalized spacial score (nSPS) is 18.2. The van der Waals surface area contributed by atoms with Gasteiger partial charge in [0.25, 0.3) is 5.91 Å². The van der Waals surface area contributed by atoms with Gasteiger partial charge in [0.2, 0.25) is 0 Å². The van der Waals surface area contributed by atoms with Crippen LogP contribution in [0.5, 0.6) is 0 Å². The van der Waals surface area contributed by atoms with Crippen LogP contribution in [0.4, 0.5) is 19.0 Å². The Kier molecular flexibility index (Phi) is 5.85. The quantitative estimate of drug-likeness (QED) is 0.510. The highest BCUT2D eigenvalue weighted by Gasteiger charge is 2.46. The van der Waals surface area contributed by atoms with E-state index >= 15 is 0 Å². The SMILES string of the molecule is O=C(NCc1ccccc1)c1cc2n(n1)[C@H](C(F)(F)F)C[C@@H](c1ccc(Cl)c(Cl)c1)N2. The van der Waals surface area contributed by atoms with E-state index in [1.54, 1.807) is 6.07 Å². The Morgan fingerprint density at radius 3 is 2.55 bits per heavy atom. The van der Waals surface area contributed by atoms with Crippen LogP contribution in [0.15, 0.2) is 54.6 Å². The number of benzene rings is 2. The second-order valence-electron chi connectivity index (χ2n) is 7.19. The molecule has 1 amide bonds. The van der Waals surface area contributed by atoms with E-state index in [1.165, 1.54) is 18.2 Å². The number of halogens is 5. The number of alkyl halides is 3. The first-order valence-electron chi connectivity index (χ1n) is 9.42. The van der Waals surface area contributed by atoms with Crippen LogP contribution in [0.2, 0.25) is 10.0 Å². The smallest absolute Gasteiger partial charge is 0.363 e. The standard InChI is InChI=1S/C21H17Cl2F3N4O/c22-14-7-6-13(8-15(14)23)16-9-18(21(24,25)26)30-19(28-16)10-17(29-30)20(31)27-11-12-4-2-1-3-5-12/h1-8,10,16,18,28H,9,11H2,(H,27,31)/t16-,18-/m0/s1. The van der Waals surface area contributed by atoms with Crippen LogP contribution in [-0.4, -0.2) is 21.9 Å². The van der Waals surface area contributed by atoms with Gasteiger partial charge in [-0.2, -0.15) is 18.3 Å². The largest absolute Gasteiger partial charge is 0.410 e. The zero-order valence-corrected chi connectivity index (χ0v) is 17.5. The van der Waals surface area contributed by atoms with Crippen molar-refractivity contribution < 1.29 is 18.0 Å². The number of rotatable bonds is 4. The summed E-state index contributed by atoms with van der Waals surface area (Å²) >= 11 is 12.0. The summed E-state index contributed by atoms with van der Waals surface area (Å²) in [5.74, 6) is -0.450. The molecule has 1 aliphatic heterocycles. The van der Waals surface area contributed by atoms with Crippen molar-refractivity contribution in [2.45, 2.75) is 31.2 Å². The minimum atomic E-state index is -4.55. The first kappa shape index (κ1) is 21.5. The van der Waals surface area contributed by atoms with Gasteiger partial charge in [-0.05, 0) is 23.3 Å². The second kappa shape index (κ2) is 8.43. The summed E-state index contributed by atoms with van der Waals surface area (Å²) in [6, 6.07) is 12.6. The molecule has 2 atom stereocenters. The van der Waals surface area contributed by atoms with Gasteiger partial charge in [0.1, 0.15) is 5.82 Å². The van der Waals surface area contributed by atoms with Crippen LogP contribution in [0.3, 0.4) is 0 Å². The molecular weight excluding hydrogens is 452 g/mol. The Balaban J connectivity index is 1.59. The molecule has 5 nitrogen and oxygen atoms in total. The van der Waals surface area contributed by atoms with Gasteiger partial charge < -0.3 is 10.6 Å². The fraction of sp³-hybridized carbons (Fsp3) is 0.238. The lowest BCUT2D eigenvalue weighted by molar-refractivity contribution is -0.173. The third kappa shape index (κ3) is 4.65. The van der Waals surface area contributed by atoms with Gasteiger partial charge in [-0.3, -0.25) is 4.79 Å². The maximum absolute atomic E-state index is 13.8. The third-order valence-electron chi connectivity index (χ3n) is 5.06. The number of nitrogens with zero attached hydrogens (tertiary/aromatic N) is 2. The number of aromatic nitrogens is 2. The molecule has 0 spiro atoms. The van der Waals surface area contributed by atoms with Gasteiger partial charge in [0.15, 0.2) is 11.7 Å². The maximum atomic E-state index is 13.8. The third-order valence-corrected chi connectivity index (χ3v) is 5.80. The summed E-state index contributed by atoms with van der Waals surface area (Å²) in [6.07, 6.45) is -4.85. The molecule has 2 aromatic carbocycles.